The summed E-state index contributed by atoms with van der Waals surface area (Å²) in [5, 5.41) is 0. The lowest BCUT2D eigenvalue weighted by atomic mass is 9.83. The summed E-state index contributed by atoms with van der Waals surface area (Å²) >= 11 is 0. The van der Waals surface area contributed by atoms with Gasteiger partial charge in [-0.15, -0.1) is 0 Å². The monoisotopic (exact) mass is 462 g/mol. The minimum absolute atomic E-state index is 0.0355. The lowest BCUT2D eigenvalue weighted by Gasteiger charge is -2.37. The molecule has 1 aliphatic carbocycles. The van der Waals surface area contributed by atoms with Crippen LogP contribution in [0, 0.1) is 11.8 Å². The van der Waals surface area contributed by atoms with Gasteiger partial charge in [-0.3, -0.25) is 9.59 Å². The van der Waals surface area contributed by atoms with E-state index in [4.69, 9.17) is 9.47 Å². The Bertz CT molecular complexity index is 793. The predicted molar refractivity (Wildman–Crippen MR) is 123 cm³/mol. The second-order valence-electron chi connectivity index (χ2n) is 9.29. The van der Waals surface area contributed by atoms with Crippen LogP contribution in [0.3, 0.4) is 0 Å². The van der Waals surface area contributed by atoms with Crippen LogP contribution in [0.4, 0.5) is 8.78 Å². The van der Waals surface area contributed by atoms with E-state index >= 15 is 0 Å². The summed E-state index contributed by atoms with van der Waals surface area (Å²) in [6.45, 7) is 2.19. The van der Waals surface area contributed by atoms with Crippen molar-refractivity contribution in [3.05, 3.63) is 48.0 Å². The fraction of sp³-hybridized carbons (Fsp3) is 0.630. The zero-order chi connectivity index (χ0) is 23.7. The molecular weight excluding hydrogens is 426 g/mol. The van der Waals surface area contributed by atoms with Crippen molar-refractivity contribution in [1.29, 1.82) is 0 Å². The second kappa shape index (κ2) is 12.4. The fourth-order valence-corrected chi connectivity index (χ4v) is 4.88. The van der Waals surface area contributed by atoms with Gasteiger partial charge in [-0.25, -0.2) is 8.78 Å². The van der Waals surface area contributed by atoms with Gasteiger partial charge >= 0.3 is 5.97 Å². The first-order valence-corrected chi connectivity index (χ1v) is 12.3. The number of hydrogen-bond acceptors (Lipinski definition) is 4. The molecule has 0 N–H and O–H groups in total. The molecule has 6 heteroatoms. The number of benzene rings is 1. The molecule has 4 atom stereocenters. The number of esters is 1. The van der Waals surface area contributed by atoms with Gasteiger partial charge < -0.3 is 9.47 Å². The van der Waals surface area contributed by atoms with E-state index in [1.807, 2.05) is 49.4 Å². The first-order valence-electron chi connectivity index (χ1n) is 12.3. The van der Waals surface area contributed by atoms with Crippen molar-refractivity contribution < 1.29 is 27.8 Å². The Hall–Kier alpha value is -2.08. The quantitative estimate of drug-likeness (QED) is 0.204. The molecule has 1 aromatic carbocycles. The number of carbonyl (C=O) groups excluding carboxylic acids is 2. The van der Waals surface area contributed by atoms with Crippen LogP contribution in [-0.4, -0.2) is 29.9 Å². The Morgan fingerprint density at radius 1 is 1.18 bits per heavy atom. The van der Waals surface area contributed by atoms with E-state index in [9.17, 15) is 18.4 Å². The van der Waals surface area contributed by atoms with Gasteiger partial charge in [0.25, 0.3) is 5.92 Å². The molecule has 2 fully saturated rings. The predicted octanol–water partition coefficient (Wildman–Crippen LogP) is 6.42. The van der Waals surface area contributed by atoms with Gasteiger partial charge in [-0.1, -0.05) is 55.8 Å². The van der Waals surface area contributed by atoms with Gasteiger partial charge in [0.1, 0.15) is 18.5 Å². The maximum atomic E-state index is 14.4. The lowest BCUT2D eigenvalue weighted by Crippen LogP contribution is -2.44. The van der Waals surface area contributed by atoms with Crippen LogP contribution in [-0.2, 0) is 25.7 Å². The van der Waals surface area contributed by atoms with Crippen molar-refractivity contribution in [2.75, 3.05) is 0 Å². The molecule has 182 valence electrons. The van der Waals surface area contributed by atoms with Crippen LogP contribution in [0.25, 0.3) is 0 Å². The third-order valence-electron chi connectivity index (χ3n) is 6.80. The van der Waals surface area contributed by atoms with Crippen molar-refractivity contribution >= 4 is 11.8 Å². The van der Waals surface area contributed by atoms with Crippen LogP contribution in [0.1, 0.15) is 76.7 Å². The van der Waals surface area contributed by atoms with Gasteiger partial charge in [0, 0.05) is 25.2 Å². The topological polar surface area (TPSA) is 52.6 Å². The molecule has 0 amide bonds. The SMILES string of the molecule is CCCCC(F)(F)C1CCC2C(CC(=O)C2C/C=C\CCCC(=O)OCc2ccccc2)O1. The maximum absolute atomic E-state index is 14.4. The van der Waals surface area contributed by atoms with E-state index in [0.29, 0.717) is 38.5 Å². The zero-order valence-corrected chi connectivity index (χ0v) is 19.5. The minimum atomic E-state index is -2.82. The number of hydrogen-bond donors (Lipinski definition) is 0. The number of allylic oxidation sites excluding steroid dienone is 2. The molecule has 0 radical (unpaired) electrons. The highest BCUT2D eigenvalue weighted by molar-refractivity contribution is 5.84. The molecule has 1 saturated carbocycles. The van der Waals surface area contributed by atoms with Gasteiger partial charge in [0.15, 0.2) is 0 Å². The highest BCUT2D eigenvalue weighted by atomic mass is 19.3. The van der Waals surface area contributed by atoms with Gasteiger partial charge in [0.05, 0.1) is 6.10 Å². The number of Topliss-reactive ketones (excluding diaryl/α,β-unsaturated/α-hetero) is 1. The highest BCUT2D eigenvalue weighted by Gasteiger charge is 2.51. The Balaban J connectivity index is 1.35. The van der Waals surface area contributed by atoms with Gasteiger partial charge in [0.2, 0.25) is 0 Å². The molecule has 2 aliphatic rings. The van der Waals surface area contributed by atoms with E-state index in [0.717, 1.165) is 18.4 Å². The number of unbranched alkanes of at least 4 members (excludes halogenated alkanes) is 2. The average Bonchev–Trinajstić information content (AvgIpc) is 3.13. The standard InChI is InChI=1S/C27H36F2O4/c1-2-3-17-27(28,29)25-16-15-22-21(23(30)18-24(22)33-25)13-9-4-5-10-14-26(31)32-19-20-11-7-6-8-12-20/h4,6-9,11-12,21-22,24-25H,2-3,5,10,13-19H2,1H3/b9-4-. The van der Waals surface area contributed by atoms with Gasteiger partial charge in [-0.2, -0.15) is 0 Å². The molecule has 0 aromatic heterocycles. The molecule has 4 nitrogen and oxygen atoms in total. The molecule has 33 heavy (non-hydrogen) atoms. The summed E-state index contributed by atoms with van der Waals surface area (Å²) < 4.78 is 39.8. The number of ether oxygens (including phenoxy) is 2. The largest absolute Gasteiger partial charge is 0.461 e. The van der Waals surface area contributed by atoms with E-state index in [2.05, 4.69) is 0 Å². The smallest absolute Gasteiger partial charge is 0.306 e. The summed E-state index contributed by atoms with van der Waals surface area (Å²) in [6.07, 6.45) is 7.19. The Morgan fingerprint density at radius 2 is 1.97 bits per heavy atom. The second-order valence-corrected chi connectivity index (χ2v) is 9.29. The summed E-state index contributed by atoms with van der Waals surface area (Å²) in [7, 11) is 0. The molecule has 1 aliphatic heterocycles. The minimum Gasteiger partial charge on any atom is -0.461 e. The number of fused-ring (bicyclic) bond motifs is 1. The summed E-state index contributed by atoms with van der Waals surface area (Å²) in [5.41, 5.74) is 0.966. The molecular formula is C27H36F2O4. The summed E-state index contributed by atoms with van der Waals surface area (Å²) in [4.78, 5) is 24.4. The third-order valence-corrected chi connectivity index (χ3v) is 6.80. The maximum Gasteiger partial charge on any atom is 0.306 e. The van der Waals surface area contributed by atoms with Crippen molar-refractivity contribution in [2.24, 2.45) is 11.8 Å². The van der Waals surface area contributed by atoms with Crippen molar-refractivity contribution in [3.63, 3.8) is 0 Å². The normalized spacial score (nSPS) is 25.4. The molecule has 1 heterocycles. The molecule has 4 unspecified atom stereocenters. The molecule has 1 saturated heterocycles. The molecule has 0 bridgehead atoms. The van der Waals surface area contributed by atoms with Crippen LogP contribution in [0.15, 0.2) is 42.5 Å². The van der Waals surface area contributed by atoms with E-state index < -0.39 is 12.0 Å². The Labute approximate surface area is 195 Å². The number of rotatable bonds is 12. The number of alkyl halides is 2. The highest BCUT2D eigenvalue weighted by Crippen LogP contribution is 2.45. The van der Waals surface area contributed by atoms with E-state index in [-0.39, 0.29) is 49.1 Å². The first-order chi connectivity index (χ1) is 15.9. The third kappa shape index (κ3) is 7.46. The van der Waals surface area contributed by atoms with E-state index in [1.54, 1.807) is 0 Å². The number of ketones is 1. The number of carbonyl (C=O) groups is 2. The van der Waals surface area contributed by atoms with Gasteiger partial charge in [-0.05, 0) is 50.0 Å². The molecule has 3 rings (SSSR count). The average molecular weight is 463 g/mol. The summed E-state index contributed by atoms with van der Waals surface area (Å²) in [5.74, 6) is -3.02. The fourth-order valence-electron chi connectivity index (χ4n) is 4.88. The Kier molecular flexibility index (Phi) is 9.60. The Morgan fingerprint density at radius 3 is 2.73 bits per heavy atom. The van der Waals surface area contributed by atoms with Crippen LogP contribution in [0.2, 0.25) is 0 Å². The molecule has 0 spiro atoms. The number of halogens is 2. The lowest BCUT2D eigenvalue weighted by molar-refractivity contribution is -0.192. The molecule has 1 aromatic rings. The van der Waals surface area contributed by atoms with Crippen LogP contribution in [0.5, 0.6) is 0 Å². The van der Waals surface area contributed by atoms with Crippen molar-refractivity contribution in [3.8, 4) is 0 Å². The zero-order valence-electron chi connectivity index (χ0n) is 19.5. The van der Waals surface area contributed by atoms with Crippen LogP contribution >= 0.6 is 0 Å². The van der Waals surface area contributed by atoms with Crippen molar-refractivity contribution in [2.45, 2.75) is 95.9 Å². The summed E-state index contributed by atoms with van der Waals surface area (Å²) in [6, 6.07) is 9.57. The first kappa shape index (κ1) is 25.5. The van der Waals surface area contributed by atoms with E-state index in [1.165, 1.54) is 0 Å². The van der Waals surface area contributed by atoms with Crippen LogP contribution < -0.4 is 0 Å². The van der Waals surface area contributed by atoms with Crippen molar-refractivity contribution in [1.82, 2.24) is 0 Å².